The molecule has 0 amide bonds. The summed E-state index contributed by atoms with van der Waals surface area (Å²) < 4.78 is 11.0. The minimum Gasteiger partial charge on any atom is -0.496 e. The topological polar surface area (TPSA) is 51.6 Å². The molecule has 1 aromatic heterocycles. The van der Waals surface area contributed by atoms with Gasteiger partial charge in [-0.25, -0.2) is 0 Å². The lowest BCUT2D eigenvalue weighted by Gasteiger charge is -2.21. The van der Waals surface area contributed by atoms with Crippen LogP contribution in [0.25, 0.3) is 0 Å². The van der Waals surface area contributed by atoms with Crippen molar-refractivity contribution in [1.29, 1.82) is 0 Å². The Balaban J connectivity index is 2.69. The highest BCUT2D eigenvalue weighted by Gasteiger charge is 2.17. The van der Waals surface area contributed by atoms with E-state index in [1.807, 2.05) is 27.7 Å². The van der Waals surface area contributed by atoms with E-state index in [9.17, 15) is 0 Å². The van der Waals surface area contributed by atoms with Crippen molar-refractivity contribution in [2.45, 2.75) is 34.3 Å². The number of rotatable bonds is 6. The summed E-state index contributed by atoms with van der Waals surface area (Å²) in [6.07, 6.45) is 1.79. The number of aliphatic hydroxyl groups is 1. The molecule has 0 aliphatic carbocycles. The molecule has 4 heteroatoms. The van der Waals surface area contributed by atoms with Gasteiger partial charge in [0.2, 0.25) is 0 Å². The Kier molecular flexibility index (Phi) is 5.11. The molecular formula is C14H23NO3. The molecule has 0 radical (unpaired) electrons. The second-order valence-corrected chi connectivity index (χ2v) is 5.36. The minimum atomic E-state index is -0.220. The van der Waals surface area contributed by atoms with Crippen LogP contribution in [0.5, 0.6) is 5.75 Å². The van der Waals surface area contributed by atoms with Crippen LogP contribution in [0.15, 0.2) is 6.20 Å². The van der Waals surface area contributed by atoms with Gasteiger partial charge in [-0.15, -0.1) is 0 Å². The van der Waals surface area contributed by atoms with Crippen LogP contribution < -0.4 is 4.74 Å². The Labute approximate surface area is 109 Å². The molecule has 0 unspecified atom stereocenters. The average molecular weight is 253 g/mol. The van der Waals surface area contributed by atoms with Crippen LogP contribution in [0.2, 0.25) is 0 Å². The van der Waals surface area contributed by atoms with Gasteiger partial charge in [0.25, 0.3) is 0 Å². The first-order valence-electron chi connectivity index (χ1n) is 6.09. The van der Waals surface area contributed by atoms with E-state index in [1.54, 1.807) is 13.3 Å². The highest BCUT2D eigenvalue weighted by molar-refractivity contribution is 5.40. The van der Waals surface area contributed by atoms with Crippen molar-refractivity contribution in [2.75, 3.05) is 20.3 Å². The van der Waals surface area contributed by atoms with Gasteiger partial charge in [0, 0.05) is 22.7 Å². The summed E-state index contributed by atoms with van der Waals surface area (Å²) in [5.74, 6) is 0.866. The van der Waals surface area contributed by atoms with Crippen LogP contribution in [0.1, 0.15) is 30.7 Å². The summed E-state index contributed by atoms with van der Waals surface area (Å²) in [5, 5.41) is 9.15. The summed E-state index contributed by atoms with van der Waals surface area (Å²) in [6.45, 7) is 8.92. The van der Waals surface area contributed by atoms with Crippen LogP contribution in [0.4, 0.5) is 0 Å². The molecule has 0 bridgehead atoms. The third kappa shape index (κ3) is 3.68. The first kappa shape index (κ1) is 14.9. The molecule has 0 atom stereocenters. The molecule has 1 rings (SSSR count). The number of hydrogen-bond acceptors (Lipinski definition) is 4. The predicted octanol–water partition coefficient (Wildman–Crippen LogP) is 2.24. The molecule has 1 aromatic rings. The molecule has 0 saturated carbocycles. The number of pyridine rings is 1. The van der Waals surface area contributed by atoms with E-state index in [1.165, 1.54) is 0 Å². The largest absolute Gasteiger partial charge is 0.496 e. The van der Waals surface area contributed by atoms with Crippen molar-refractivity contribution >= 4 is 0 Å². The lowest BCUT2D eigenvalue weighted by molar-refractivity contribution is 0.0183. The summed E-state index contributed by atoms with van der Waals surface area (Å²) in [6, 6.07) is 0. The van der Waals surface area contributed by atoms with Gasteiger partial charge in [-0.1, -0.05) is 13.8 Å². The van der Waals surface area contributed by atoms with Gasteiger partial charge in [0.15, 0.2) is 0 Å². The SMILES string of the molecule is COc1c(C)cnc(COCC(C)(C)CO)c1C. The fraction of sp³-hybridized carbons (Fsp3) is 0.643. The van der Waals surface area contributed by atoms with Crippen LogP contribution in [-0.4, -0.2) is 30.4 Å². The zero-order chi connectivity index (χ0) is 13.8. The van der Waals surface area contributed by atoms with E-state index in [0.717, 1.165) is 22.6 Å². The number of aromatic nitrogens is 1. The van der Waals surface area contributed by atoms with Gasteiger partial charge < -0.3 is 14.6 Å². The maximum atomic E-state index is 9.15. The van der Waals surface area contributed by atoms with Gasteiger partial charge in [0.1, 0.15) is 5.75 Å². The normalized spacial score (nSPS) is 11.7. The lowest BCUT2D eigenvalue weighted by atomic mass is 9.97. The lowest BCUT2D eigenvalue weighted by Crippen LogP contribution is -2.23. The number of methoxy groups -OCH3 is 1. The van der Waals surface area contributed by atoms with Gasteiger partial charge in [0.05, 0.1) is 32.6 Å². The Bertz CT molecular complexity index is 402. The van der Waals surface area contributed by atoms with Crippen molar-refractivity contribution in [3.63, 3.8) is 0 Å². The summed E-state index contributed by atoms with van der Waals surface area (Å²) in [7, 11) is 1.66. The van der Waals surface area contributed by atoms with Crippen LogP contribution in [0, 0.1) is 19.3 Å². The van der Waals surface area contributed by atoms with Gasteiger partial charge in [-0.05, 0) is 13.8 Å². The standard InChI is InChI=1S/C14H23NO3/c1-10-6-15-12(11(2)13(10)17-5)7-18-9-14(3,4)8-16/h6,16H,7-9H2,1-5H3. The van der Waals surface area contributed by atoms with Crippen molar-refractivity contribution in [1.82, 2.24) is 4.98 Å². The number of aliphatic hydroxyl groups excluding tert-OH is 1. The monoisotopic (exact) mass is 253 g/mol. The van der Waals surface area contributed by atoms with Gasteiger partial charge in [-0.3, -0.25) is 4.98 Å². The van der Waals surface area contributed by atoms with E-state index >= 15 is 0 Å². The number of ether oxygens (including phenoxy) is 2. The molecule has 0 fully saturated rings. The molecule has 0 aliphatic heterocycles. The van der Waals surface area contributed by atoms with Crippen molar-refractivity contribution in [3.8, 4) is 5.75 Å². The third-order valence-corrected chi connectivity index (χ3v) is 2.91. The molecule has 0 spiro atoms. The van der Waals surface area contributed by atoms with Crippen molar-refractivity contribution in [3.05, 3.63) is 23.0 Å². The molecule has 0 saturated heterocycles. The Morgan fingerprint density at radius 1 is 1.33 bits per heavy atom. The summed E-state index contributed by atoms with van der Waals surface area (Å²) in [4.78, 5) is 4.36. The van der Waals surface area contributed by atoms with Gasteiger partial charge >= 0.3 is 0 Å². The van der Waals surface area contributed by atoms with Crippen LogP contribution >= 0.6 is 0 Å². The van der Waals surface area contributed by atoms with E-state index in [-0.39, 0.29) is 12.0 Å². The van der Waals surface area contributed by atoms with Crippen LogP contribution in [0.3, 0.4) is 0 Å². The minimum absolute atomic E-state index is 0.108. The Hall–Kier alpha value is -1.13. The van der Waals surface area contributed by atoms with Crippen LogP contribution in [-0.2, 0) is 11.3 Å². The zero-order valence-corrected chi connectivity index (χ0v) is 11.9. The quantitative estimate of drug-likeness (QED) is 0.844. The van der Waals surface area contributed by atoms with Crippen molar-refractivity contribution in [2.24, 2.45) is 5.41 Å². The first-order chi connectivity index (χ1) is 8.41. The second-order valence-electron chi connectivity index (χ2n) is 5.36. The Morgan fingerprint density at radius 2 is 2.00 bits per heavy atom. The second kappa shape index (κ2) is 6.16. The number of hydrogen-bond donors (Lipinski definition) is 1. The molecular weight excluding hydrogens is 230 g/mol. The van der Waals surface area contributed by atoms with Gasteiger partial charge in [-0.2, -0.15) is 0 Å². The molecule has 18 heavy (non-hydrogen) atoms. The molecule has 102 valence electrons. The highest BCUT2D eigenvalue weighted by Crippen LogP contribution is 2.24. The number of nitrogens with zero attached hydrogens (tertiary/aromatic N) is 1. The van der Waals surface area contributed by atoms with Crippen molar-refractivity contribution < 1.29 is 14.6 Å². The Morgan fingerprint density at radius 3 is 2.56 bits per heavy atom. The predicted molar refractivity (Wildman–Crippen MR) is 70.8 cm³/mol. The highest BCUT2D eigenvalue weighted by atomic mass is 16.5. The number of aryl methyl sites for hydroxylation is 1. The van der Waals surface area contributed by atoms with E-state index in [4.69, 9.17) is 14.6 Å². The smallest absolute Gasteiger partial charge is 0.128 e. The molecule has 1 N–H and O–H groups in total. The summed E-state index contributed by atoms with van der Waals surface area (Å²) >= 11 is 0. The fourth-order valence-corrected chi connectivity index (χ4v) is 1.69. The first-order valence-corrected chi connectivity index (χ1v) is 6.09. The molecule has 0 aliphatic rings. The third-order valence-electron chi connectivity index (χ3n) is 2.91. The fourth-order valence-electron chi connectivity index (χ4n) is 1.69. The van der Waals surface area contributed by atoms with E-state index < -0.39 is 0 Å². The van der Waals surface area contributed by atoms with E-state index in [0.29, 0.717) is 13.2 Å². The maximum Gasteiger partial charge on any atom is 0.128 e. The van der Waals surface area contributed by atoms with E-state index in [2.05, 4.69) is 4.98 Å². The average Bonchev–Trinajstić information content (AvgIpc) is 2.33. The zero-order valence-electron chi connectivity index (χ0n) is 11.9. The molecule has 4 nitrogen and oxygen atoms in total. The summed E-state index contributed by atoms with van der Waals surface area (Å²) in [5.41, 5.74) is 2.70. The molecule has 1 heterocycles. The maximum absolute atomic E-state index is 9.15. The molecule has 0 aromatic carbocycles.